The zero-order valence-corrected chi connectivity index (χ0v) is 18.2. The van der Waals surface area contributed by atoms with Crippen LogP contribution in [0, 0.1) is 0 Å². The highest BCUT2D eigenvalue weighted by Crippen LogP contribution is 2.31. The van der Waals surface area contributed by atoms with Crippen LogP contribution in [0.1, 0.15) is 24.5 Å². The van der Waals surface area contributed by atoms with Gasteiger partial charge in [0.25, 0.3) is 0 Å². The number of sulfonamides is 1. The van der Waals surface area contributed by atoms with Crippen LogP contribution in [0.3, 0.4) is 0 Å². The number of fused-ring (bicyclic) bond motifs is 1. The van der Waals surface area contributed by atoms with Crippen molar-refractivity contribution in [2.24, 2.45) is 0 Å². The van der Waals surface area contributed by atoms with Crippen molar-refractivity contribution in [1.29, 1.82) is 0 Å². The first-order chi connectivity index (χ1) is 15.5. The van der Waals surface area contributed by atoms with Crippen LogP contribution in [0.4, 0.5) is 5.82 Å². The van der Waals surface area contributed by atoms with Crippen molar-refractivity contribution in [3.63, 3.8) is 0 Å². The van der Waals surface area contributed by atoms with E-state index in [1.54, 1.807) is 28.6 Å². The van der Waals surface area contributed by atoms with E-state index in [2.05, 4.69) is 9.97 Å². The molecular formula is C24H23N5O2S. The lowest BCUT2D eigenvalue weighted by Gasteiger charge is -2.31. The Morgan fingerprint density at radius 3 is 2.34 bits per heavy atom. The number of nitrogens with two attached hydrogens (primary N) is 1. The quantitative estimate of drug-likeness (QED) is 0.512. The number of rotatable bonds is 4. The van der Waals surface area contributed by atoms with Crippen LogP contribution in [-0.4, -0.2) is 40.8 Å². The van der Waals surface area contributed by atoms with Gasteiger partial charge in [-0.1, -0.05) is 48.5 Å². The molecule has 2 aromatic heterocycles. The van der Waals surface area contributed by atoms with Gasteiger partial charge in [0.1, 0.15) is 5.82 Å². The molecule has 1 aliphatic rings. The lowest BCUT2D eigenvalue weighted by Crippen LogP contribution is -2.39. The third-order valence-corrected chi connectivity index (χ3v) is 7.71. The molecule has 2 aromatic carbocycles. The molecule has 0 bridgehead atoms. The van der Waals surface area contributed by atoms with Gasteiger partial charge in [-0.25, -0.2) is 23.4 Å². The molecule has 1 saturated heterocycles. The largest absolute Gasteiger partial charge is 0.383 e. The van der Waals surface area contributed by atoms with Gasteiger partial charge >= 0.3 is 0 Å². The van der Waals surface area contributed by atoms with Gasteiger partial charge in [-0.15, -0.1) is 0 Å². The molecule has 32 heavy (non-hydrogen) atoms. The van der Waals surface area contributed by atoms with Gasteiger partial charge in [0.15, 0.2) is 11.5 Å². The van der Waals surface area contributed by atoms with E-state index in [1.165, 1.54) is 0 Å². The molecule has 8 heteroatoms. The molecule has 0 radical (unpaired) electrons. The number of anilines is 1. The van der Waals surface area contributed by atoms with Crippen LogP contribution >= 0.6 is 0 Å². The minimum atomic E-state index is -3.53. The van der Waals surface area contributed by atoms with Crippen molar-refractivity contribution >= 4 is 26.9 Å². The molecule has 0 saturated carbocycles. The highest BCUT2D eigenvalue weighted by molar-refractivity contribution is 7.89. The van der Waals surface area contributed by atoms with E-state index in [0.717, 1.165) is 24.1 Å². The molecule has 0 unspecified atom stereocenters. The summed E-state index contributed by atoms with van der Waals surface area (Å²) in [4.78, 5) is 14.2. The fourth-order valence-corrected chi connectivity index (χ4v) is 5.68. The van der Waals surface area contributed by atoms with Gasteiger partial charge < -0.3 is 5.73 Å². The number of pyridine rings is 1. The van der Waals surface area contributed by atoms with Crippen LogP contribution in [0.5, 0.6) is 0 Å². The lowest BCUT2D eigenvalue weighted by molar-refractivity contribution is 0.313. The number of piperidine rings is 1. The molecule has 1 aliphatic heterocycles. The number of hydrogen-bond donors (Lipinski definition) is 1. The summed E-state index contributed by atoms with van der Waals surface area (Å²) in [5.41, 5.74) is 8.40. The zero-order valence-electron chi connectivity index (χ0n) is 17.4. The molecule has 1 fully saturated rings. The van der Waals surface area contributed by atoms with Crippen LogP contribution in [-0.2, 0) is 10.0 Å². The summed E-state index contributed by atoms with van der Waals surface area (Å²) in [5.74, 6) is 0.894. The van der Waals surface area contributed by atoms with Crippen LogP contribution in [0.2, 0.25) is 0 Å². The molecule has 3 heterocycles. The first-order valence-electron chi connectivity index (χ1n) is 10.6. The summed E-state index contributed by atoms with van der Waals surface area (Å²) in [6.07, 6.45) is 1.64. The Balaban J connectivity index is 1.48. The normalized spacial score (nSPS) is 17.4. The maximum Gasteiger partial charge on any atom is 0.243 e. The molecule has 2 N–H and O–H groups in total. The van der Waals surface area contributed by atoms with Crippen molar-refractivity contribution < 1.29 is 8.42 Å². The fourth-order valence-electron chi connectivity index (χ4n) is 4.14. The molecule has 5 rings (SSSR count). The predicted octanol–water partition coefficient (Wildman–Crippen LogP) is 3.84. The molecule has 0 aliphatic carbocycles. The smallest absolute Gasteiger partial charge is 0.243 e. The fraction of sp³-hybridized carbons (Fsp3) is 0.208. The second kappa shape index (κ2) is 8.29. The van der Waals surface area contributed by atoms with E-state index >= 15 is 0 Å². The maximum absolute atomic E-state index is 13.1. The highest BCUT2D eigenvalue weighted by Gasteiger charge is 2.31. The van der Waals surface area contributed by atoms with Gasteiger partial charge in [-0.2, -0.15) is 4.31 Å². The maximum atomic E-state index is 13.1. The Hall–Kier alpha value is -3.36. The summed E-state index contributed by atoms with van der Waals surface area (Å²) in [7, 11) is -3.53. The van der Waals surface area contributed by atoms with Crippen LogP contribution in [0.25, 0.3) is 22.4 Å². The molecule has 4 aromatic rings. The predicted molar refractivity (Wildman–Crippen MR) is 124 cm³/mol. The van der Waals surface area contributed by atoms with Crippen molar-refractivity contribution in [2.75, 3.05) is 18.8 Å². The first kappa shape index (κ1) is 20.5. The average molecular weight is 446 g/mol. The molecule has 1 atom stereocenters. The van der Waals surface area contributed by atoms with Gasteiger partial charge in [-0.05, 0) is 37.1 Å². The second-order valence-corrected chi connectivity index (χ2v) is 9.86. The number of benzene rings is 2. The third-order valence-electron chi connectivity index (χ3n) is 5.83. The minimum Gasteiger partial charge on any atom is -0.383 e. The van der Waals surface area contributed by atoms with Gasteiger partial charge in [0, 0.05) is 30.3 Å². The van der Waals surface area contributed by atoms with Gasteiger partial charge in [0.05, 0.1) is 10.3 Å². The lowest BCUT2D eigenvalue weighted by atomic mass is 9.95. The SMILES string of the molecule is Nc1nc(-c2ccccc2)nc2nc([C@@H]3CCCN(S(=O)(=O)c4ccccc4)C3)ccc12. The van der Waals surface area contributed by atoms with Gasteiger partial charge in [-0.3, -0.25) is 0 Å². The average Bonchev–Trinajstić information content (AvgIpc) is 2.85. The van der Waals surface area contributed by atoms with Crippen molar-refractivity contribution in [1.82, 2.24) is 19.3 Å². The Bertz CT molecular complexity index is 1360. The highest BCUT2D eigenvalue weighted by atomic mass is 32.2. The summed E-state index contributed by atoms with van der Waals surface area (Å²) in [5, 5.41) is 0.693. The topological polar surface area (TPSA) is 102 Å². The van der Waals surface area contributed by atoms with Crippen molar-refractivity contribution in [2.45, 2.75) is 23.7 Å². The van der Waals surface area contributed by atoms with Crippen LogP contribution < -0.4 is 5.73 Å². The Morgan fingerprint density at radius 2 is 1.59 bits per heavy atom. The van der Waals surface area contributed by atoms with E-state index in [4.69, 9.17) is 10.7 Å². The number of nitrogen functional groups attached to an aromatic ring is 1. The summed E-state index contributed by atoms with van der Waals surface area (Å²) in [6.45, 7) is 0.899. The monoisotopic (exact) mass is 445 g/mol. The molecule has 162 valence electrons. The van der Waals surface area contributed by atoms with Crippen molar-refractivity contribution in [3.8, 4) is 11.4 Å². The Labute approximate surface area is 187 Å². The van der Waals surface area contributed by atoms with Crippen LogP contribution in [0.15, 0.2) is 77.7 Å². The van der Waals surface area contributed by atoms with Crippen molar-refractivity contribution in [3.05, 3.63) is 78.5 Å². The second-order valence-electron chi connectivity index (χ2n) is 7.92. The molecule has 7 nitrogen and oxygen atoms in total. The number of aromatic nitrogens is 3. The first-order valence-corrected chi connectivity index (χ1v) is 12.0. The third kappa shape index (κ3) is 3.83. The molecule has 0 amide bonds. The van der Waals surface area contributed by atoms with Gasteiger partial charge in [0.2, 0.25) is 10.0 Å². The number of hydrogen-bond acceptors (Lipinski definition) is 6. The van der Waals surface area contributed by atoms with E-state index in [0.29, 0.717) is 40.7 Å². The Kier molecular flexibility index (Phi) is 5.32. The summed E-state index contributed by atoms with van der Waals surface area (Å²) < 4.78 is 27.7. The minimum absolute atomic E-state index is 0.0111. The van der Waals surface area contributed by atoms with E-state index in [9.17, 15) is 8.42 Å². The molecular weight excluding hydrogens is 422 g/mol. The van der Waals surface area contributed by atoms with E-state index in [-0.39, 0.29) is 5.92 Å². The standard InChI is InChI=1S/C24H23N5O2S/c25-22-20-13-14-21(26-24(20)28-23(27-22)17-8-3-1-4-9-17)18-10-7-15-29(16-18)32(30,31)19-11-5-2-6-12-19/h1-6,8-9,11-14,18H,7,10,15-16H2,(H2,25,26,27,28)/t18-/m1/s1. The zero-order chi connectivity index (χ0) is 22.1. The van der Waals surface area contributed by atoms with E-state index in [1.807, 2.05) is 48.5 Å². The Morgan fingerprint density at radius 1 is 0.875 bits per heavy atom. The summed E-state index contributed by atoms with van der Waals surface area (Å²) >= 11 is 0. The number of nitrogens with zero attached hydrogens (tertiary/aromatic N) is 4. The van der Waals surface area contributed by atoms with E-state index < -0.39 is 10.0 Å². The molecule has 0 spiro atoms. The summed E-state index contributed by atoms with van der Waals surface area (Å²) in [6, 6.07) is 22.0.